The number of fused-ring (bicyclic) bond motifs is 1. The number of hydrogen-bond acceptors (Lipinski definition) is 3. The fourth-order valence-corrected chi connectivity index (χ4v) is 5.02. The first kappa shape index (κ1) is 14.0. The molecule has 0 aromatic heterocycles. The maximum absolute atomic E-state index is 12.5. The van der Waals surface area contributed by atoms with Crippen molar-refractivity contribution >= 4 is 23.8 Å². The Kier molecular flexibility index (Phi) is 4.10. The Balaban J connectivity index is 1.72. The SMILES string of the molecule is O=C(O)C1CC2CCCCC2N1C(=O)NC1CCSC1. The zero-order valence-electron chi connectivity index (χ0n) is 11.6. The number of urea groups is 1. The molecule has 0 bridgehead atoms. The number of nitrogens with one attached hydrogen (secondary N) is 1. The van der Waals surface area contributed by atoms with Crippen molar-refractivity contribution < 1.29 is 14.7 Å². The second-order valence-electron chi connectivity index (χ2n) is 6.12. The highest BCUT2D eigenvalue weighted by atomic mass is 32.2. The Bertz CT molecular complexity index is 398. The summed E-state index contributed by atoms with van der Waals surface area (Å²) in [6.45, 7) is 0. The van der Waals surface area contributed by atoms with Crippen LogP contribution in [-0.2, 0) is 4.79 Å². The number of thioether (sulfide) groups is 1. The molecule has 2 saturated heterocycles. The normalized spacial score (nSPS) is 36.7. The molecule has 2 aliphatic heterocycles. The number of carbonyl (C=O) groups excluding carboxylic acids is 1. The van der Waals surface area contributed by atoms with E-state index in [2.05, 4.69) is 5.32 Å². The summed E-state index contributed by atoms with van der Waals surface area (Å²) < 4.78 is 0. The molecular weight excluding hydrogens is 276 g/mol. The van der Waals surface area contributed by atoms with Crippen LogP contribution in [0.25, 0.3) is 0 Å². The number of hydrogen-bond donors (Lipinski definition) is 2. The van der Waals surface area contributed by atoms with Gasteiger partial charge >= 0.3 is 12.0 Å². The molecule has 4 unspecified atom stereocenters. The summed E-state index contributed by atoms with van der Waals surface area (Å²) in [6.07, 6.45) is 5.93. The largest absolute Gasteiger partial charge is 0.480 e. The van der Waals surface area contributed by atoms with E-state index in [9.17, 15) is 14.7 Å². The molecule has 6 heteroatoms. The predicted molar refractivity (Wildman–Crippen MR) is 77.9 cm³/mol. The molecule has 4 atom stereocenters. The second kappa shape index (κ2) is 5.84. The van der Waals surface area contributed by atoms with Gasteiger partial charge in [0.05, 0.1) is 0 Å². The predicted octanol–water partition coefficient (Wildman–Crippen LogP) is 1.92. The van der Waals surface area contributed by atoms with Crippen LogP contribution in [0.4, 0.5) is 4.79 Å². The maximum atomic E-state index is 12.5. The van der Waals surface area contributed by atoms with Gasteiger partial charge < -0.3 is 15.3 Å². The number of amides is 2. The summed E-state index contributed by atoms with van der Waals surface area (Å²) in [5.41, 5.74) is 0. The van der Waals surface area contributed by atoms with Crippen LogP contribution in [0.2, 0.25) is 0 Å². The lowest BCUT2D eigenvalue weighted by Gasteiger charge is -2.33. The molecule has 2 heterocycles. The summed E-state index contributed by atoms with van der Waals surface area (Å²) in [6, 6.07) is -0.431. The third-order valence-electron chi connectivity index (χ3n) is 4.86. The molecule has 3 rings (SSSR count). The van der Waals surface area contributed by atoms with E-state index in [0.717, 1.165) is 37.2 Å². The number of carbonyl (C=O) groups is 2. The number of likely N-dealkylation sites (tertiary alicyclic amines) is 1. The summed E-state index contributed by atoms with van der Waals surface area (Å²) in [4.78, 5) is 25.6. The Hall–Kier alpha value is -0.910. The number of carboxylic acids is 1. The van der Waals surface area contributed by atoms with Gasteiger partial charge in [0.25, 0.3) is 0 Å². The van der Waals surface area contributed by atoms with E-state index in [0.29, 0.717) is 12.3 Å². The average Bonchev–Trinajstić information content (AvgIpc) is 3.04. The van der Waals surface area contributed by atoms with Gasteiger partial charge in [-0.2, -0.15) is 11.8 Å². The van der Waals surface area contributed by atoms with Crippen LogP contribution < -0.4 is 5.32 Å². The van der Waals surface area contributed by atoms with Crippen molar-refractivity contribution in [2.24, 2.45) is 5.92 Å². The molecule has 0 aromatic rings. The van der Waals surface area contributed by atoms with Gasteiger partial charge in [0.15, 0.2) is 0 Å². The van der Waals surface area contributed by atoms with Crippen LogP contribution in [-0.4, -0.2) is 51.6 Å². The highest BCUT2D eigenvalue weighted by Gasteiger charge is 2.47. The molecule has 3 aliphatic rings. The van der Waals surface area contributed by atoms with E-state index in [4.69, 9.17) is 0 Å². The Morgan fingerprint density at radius 2 is 2.00 bits per heavy atom. The van der Waals surface area contributed by atoms with Gasteiger partial charge in [-0.3, -0.25) is 0 Å². The quantitative estimate of drug-likeness (QED) is 0.817. The molecule has 1 aliphatic carbocycles. The fraction of sp³-hybridized carbons (Fsp3) is 0.857. The fourth-order valence-electron chi connectivity index (χ4n) is 3.87. The number of carboxylic acid groups (broad SMARTS) is 1. The Labute approximate surface area is 123 Å². The van der Waals surface area contributed by atoms with Crippen LogP contribution in [0.1, 0.15) is 38.5 Å². The van der Waals surface area contributed by atoms with Crippen molar-refractivity contribution in [3.8, 4) is 0 Å². The van der Waals surface area contributed by atoms with E-state index < -0.39 is 12.0 Å². The van der Waals surface area contributed by atoms with Crippen LogP contribution in [0.3, 0.4) is 0 Å². The van der Waals surface area contributed by atoms with E-state index in [1.807, 2.05) is 11.8 Å². The molecule has 112 valence electrons. The first-order valence-electron chi connectivity index (χ1n) is 7.56. The lowest BCUT2D eigenvalue weighted by atomic mass is 9.85. The molecule has 1 saturated carbocycles. The van der Waals surface area contributed by atoms with E-state index >= 15 is 0 Å². The summed E-state index contributed by atoms with van der Waals surface area (Å²) in [5, 5.41) is 12.5. The minimum atomic E-state index is -0.852. The smallest absolute Gasteiger partial charge is 0.326 e. The lowest BCUT2D eigenvalue weighted by molar-refractivity contribution is -0.141. The number of aliphatic carboxylic acids is 1. The van der Waals surface area contributed by atoms with Crippen molar-refractivity contribution in [3.05, 3.63) is 0 Å². The van der Waals surface area contributed by atoms with Crippen molar-refractivity contribution in [3.63, 3.8) is 0 Å². The molecule has 0 spiro atoms. The maximum Gasteiger partial charge on any atom is 0.326 e. The van der Waals surface area contributed by atoms with Crippen molar-refractivity contribution in [1.29, 1.82) is 0 Å². The van der Waals surface area contributed by atoms with Crippen molar-refractivity contribution in [1.82, 2.24) is 10.2 Å². The molecule has 2 amide bonds. The van der Waals surface area contributed by atoms with Crippen LogP contribution in [0.5, 0.6) is 0 Å². The van der Waals surface area contributed by atoms with E-state index in [1.54, 1.807) is 4.90 Å². The lowest BCUT2D eigenvalue weighted by Crippen LogP contribution is -2.53. The van der Waals surface area contributed by atoms with Crippen LogP contribution in [0.15, 0.2) is 0 Å². The summed E-state index contributed by atoms with van der Waals surface area (Å²) in [7, 11) is 0. The topological polar surface area (TPSA) is 69.6 Å². The second-order valence-corrected chi connectivity index (χ2v) is 7.27. The van der Waals surface area contributed by atoms with E-state index in [-0.39, 0.29) is 18.1 Å². The monoisotopic (exact) mass is 298 g/mol. The number of nitrogens with zero attached hydrogens (tertiary/aromatic N) is 1. The third-order valence-corrected chi connectivity index (χ3v) is 6.03. The minimum absolute atomic E-state index is 0.138. The van der Waals surface area contributed by atoms with Crippen molar-refractivity contribution in [2.45, 2.75) is 56.7 Å². The molecular formula is C14H22N2O3S. The van der Waals surface area contributed by atoms with Gasteiger partial charge in [-0.05, 0) is 37.4 Å². The highest BCUT2D eigenvalue weighted by Crippen LogP contribution is 2.39. The molecule has 5 nitrogen and oxygen atoms in total. The van der Waals surface area contributed by atoms with Crippen molar-refractivity contribution in [2.75, 3.05) is 11.5 Å². The summed E-state index contributed by atoms with van der Waals surface area (Å²) >= 11 is 1.85. The van der Waals surface area contributed by atoms with Crippen LogP contribution >= 0.6 is 11.8 Å². The molecule has 20 heavy (non-hydrogen) atoms. The molecule has 2 N–H and O–H groups in total. The van der Waals surface area contributed by atoms with Gasteiger partial charge in [0.2, 0.25) is 0 Å². The Morgan fingerprint density at radius 1 is 1.20 bits per heavy atom. The first-order valence-corrected chi connectivity index (χ1v) is 8.71. The Morgan fingerprint density at radius 3 is 2.70 bits per heavy atom. The zero-order chi connectivity index (χ0) is 14.1. The van der Waals surface area contributed by atoms with Gasteiger partial charge in [-0.1, -0.05) is 12.8 Å². The standard InChI is InChI=1S/C14H22N2O3S/c17-13(18)12-7-9-3-1-2-4-11(9)16(12)14(19)15-10-5-6-20-8-10/h9-12H,1-8H2,(H,15,19)(H,17,18). The third kappa shape index (κ3) is 2.62. The number of rotatable bonds is 2. The van der Waals surface area contributed by atoms with E-state index in [1.165, 1.54) is 6.42 Å². The molecule has 0 aromatic carbocycles. The minimum Gasteiger partial charge on any atom is -0.480 e. The van der Waals surface area contributed by atoms with Gasteiger partial charge in [-0.25, -0.2) is 9.59 Å². The highest BCUT2D eigenvalue weighted by molar-refractivity contribution is 7.99. The van der Waals surface area contributed by atoms with Gasteiger partial charge in [0, 0.05) is 17.8 Å². The van der Waals surface area contributed by atoms with Gasteiger partial charge in [-0.15, -0.1) is 0 Å². The van der Waals surface area contributed by atoms with Crippen LogP contribution in [0, 0.1) is 5.92 Å². The average molecular weight is 298 g/mol. The molecule has 3 fully saturated rings. The first-order chi connectivity index (χ1) is 9.66. The zero-order valence-corrected chi connectivity index (χ0v) is 12.4. The summed E-state index contributed by atoms with van der Waals surface area (Å²) in [5.74, 6) is 1.56. The van der Waals surface area contributed by atoms with Gasteiger partial charge in [0.1, 0.15) is 6.04 Å². The molecule has 0 radical (unpaired) electrons.